The molecule has 2 aromatic carbocycles. The number of anilines is 1. The highest BCUT2D eigenvalue weighted by molar-refractivity contribution is 6.01. The molecule has 1 fully saturated rings. The molecule has 5 nitrogen and oxygen atoms in total. The van der Waals surface area contributed by atoms with Gasteiger partial charge in [0, 0.05) is 5.69 Å². The van der Waals surface area contributed by atoms with Crippen molar-refractivity contribution in [1.29, 1.82) is 0 Å². The highest BCUT2D eigenvalue weighted by Crippen LogP contribution is 2.41. The molecule has 1 N–H and O–H groups in total. The molecule has 30 heavy (non-hydrogen) atoms. The molecule has 0 radical (unpaired) electrons. The Morgan fingerprint density at radius 1 is 1.07 bits per heavy atom. The van der Waals surface area contributed by atoms with Gasteiger partial charge in [-0.3, -0.25) is 4.79 Å². The predicted molar refractivity (Wildman–Crippen MR) is 118 cm³/mol. The van der Waals surface area contributed by atoms with Crippen molar-refractivity contribution in [2.75, 3.05) is 19.0 Å². The second-order valence-electron chi connectivity index (χ2n) is 8.02. The van der Waals surface area contributed by atoms with Gasteiger partial charge in [0.05, 0.1) is 19.1 Å². The fraction of sp³-hybridized carbons (Fsp3) is 0.440. The summed E-state index contributed by atoms with van der Waals surface area (Å²) in [5.41, 5.74) is 2.55. The summed E-state index contributed by atoms with van der Waals surface area (Å²) in [6.45, 7) is 4.56. The van der Waals surface area contributed by atoms with Gasteiger partial charge in [0.15, 0.2) is 0 Å². The smallest absolute Gasteiger partial charge is 0.341 e. The van der Waals surface area contributed by atoms with Gasteiger partial charge in [0.25, 0.3) is 0 Å². The molecule has 3 rings (SSSR count). The molecule has 1 aliphatic carbocycles. The quantitative estimate of drug-likeness (QED) is 0.621. The molecule has 160 valence electrons. The molecule has 0 bridgehead atoms. The Balaban J connectivity index is 1.91. The molecule has 0 spiro atoms. The first-order chi connectivity index (χ1) is 14.5. The van der Waals surface area contributed by atoms with E-state index in [1.165, 1.54) is 7.11 Å². The molecular formula is C25H31NO4. The first kappa shape index (κ1) is 21.9. The van der Waals surface area contributed by atoms with Crippen LogP contribution in [0, 0.1) is 6.92 Å². The topological polar surface area (TPSA) is 64.6 Å². The van der Waals surface area contributed by atoms with E-state index in [4.69, 9.17) is 9.47 Å². The summed E-state index contributed by atoms with van der Waals surface area (Å²) >= 11 is 0. The van der Waals surface area contributed by atoms with Crippen molar-refractivity contribution < 1.29 is 19.1 Å². The monoisotopic (exact) mass is 409 g/mol. The molecule has 1 amide bonds. The zero-order valence-electron chi connectivity index (χ0n) is 18.1. The highest BCUT2D eigenvalue weighted by atomic mass is 16.5. The summed E-state index contributed by atoms with van der Waals surface area (Å²) in [7, 11) is 1.34. The number of methoxy groups -OCH3 is 1. The van der Waals surface area contributed by atoms with Gasteiger partial charge in [-0.1, -0.05) is 56.0 Å². The van der Waals surface area contributed by atoms with Crippen LogP contribution in [0.1, 0.15) is 66.9 Å². The first-order valence-corrected chi connectivity index (χ1v) is 10.7. The van der Waals surface area contributed by atoms with Crippen molar-refractivity contribution >= 4 is 17.6 Å². The van der Waals surface area contributed by atoms with Crippen molar-refractivity contribution in [3.8, 4) is 5.75 Å². The van der Waals surface area contributed by atoms with Gasteiger partial charge in [-0.15, -0.1) is 0 Å². The summed E-state index contributed by atoms with van der Waals surface area (Å²) in [6.07, 6.45) is 5.68. The minimum Gasteiger partial charge on any atom is -0.493 e. The van der Waals surface area contributed by atoms with Crippen molar-refractivity contribution in [3.05, 3.63) is 59.2 Å². The Kier molecular flexibility index (Phi) is 7.14. The van der Waals surface area contributed by atoms with E-state index in [1.807, 2.05) is 13.0 Å². The lowest BCUT2D eigenvalue weighted by molar-refractivity contribution is -0.122. The molecule has 0 heterocycles. The Bertz CT molecular complexity index is 900. The SMILES string of the molecule is CCCOc1ccc(NC(=O)C2(c3cccc(C)c3)CCCCC2)cc1C(=O)OC. The van der Waals surface area contributed by atoms with Gasteiger partial charge in [0.2, 0.25) is 5.91 Å². The van der Waals surface area contributed by atoms with Crippen LogP contribution in [0.5, 0.6) is 5.75 Å². The lowest BCUT2D eigenvalue weighted by Crippen LogP contribution is -2.42. The average Bonchev–Trinajstić information content (AvgIpc) is 2.78. The number of carbonyl (C=O) groups excluding carboxylic acids is 2. The maximum atomic E-state index is 13.6. The third kappa shape index (κ3) is 4.66. The Morgan fingerprint density at radius 2 is 1.83 bits per heavy atom. The van der Waals surface area contributed by atoms with Gasteiger partial charge in [-0.05, 0) is 49.9 Å². The fourth-order valence-electron chi connectivity index (χ4n) is 4.21. The lowest BCUT2D eigenvalue weighted by atomic mass is 9.68. The molecule has 1 aliphatic rings. The number of aryl methyl sites for hydroxylation is 1. The molecular weight excluding hydrogens is 378 g/mol. The van der Waals surface area contributed by atoms with E-state index < -0.39 is 11.4 Å². The largest absolute Gasteiger partial charge is 0.493 e. The molecule has 5 heteroatoms. The number of hydrogen-bond acceptors (Lipinski definition) is 4. The number of nitrogens with one attached hydrogen (secondary N) is 1. The van der Waals surface area contributed by atoms with Crippen LogP contribution in [-0.2, 0) is 14.9 Å². The first-order valence-electron chi connectivity index (χ1n) is 10.7. The van der Waals surface area contributed by atoms with Crippen LogP contribution >= 0.6 is 0 Å². The predicted octanol–water partition coefficient (Wildman–Crippen LogP) is 5.41. The van der Waals surface area contributed by atoms with Gasteiger partial charge < -0.3 is 14.8 Å². The maximum Gasteiger partial charge on any atom is 0.341 e. The van der Waals surface area contributed by atoms with Gasteiger partial charge in [-0.25, -0.2) is 4.79 Å². The molecule has 0 aliphatic heterocycles. The molecule has 0 aromatic heterocycles. The lowest BCUT2D eigenvalue weighted by Gasteiger charge is -2.36. The second-order valence-corrected chi connectivity index (χ2v) is 8.02. The number of ether oxygens (including phenoxy) is 2. The minimum atomic E-state index is -0.549. The summed E-state index contributed by atoms with van der Waals surface area (Å²) in [5, 5.41) is 3.07. The zero-order chi connectivity index (χ0) is 21.6. The number of amides is 1. The third-order valence-corrected chi connectivity index (χ3v) is 5.82. The molecule has 0 atom stereocenters. The van der Waals surface area contributed by atoms with Crippen LogP contribution in [0.3, 0.4) is 0 Å². The fourth-order valence-corrected chi connectivity index (χ4v) is 4.21. The van der Waals surface area contributed by atoms with Crippen LogP contribution < -0.4 is 10.1 Å². The van der Waals surface area contributed by atoms with E-state index in [2.05, 4.69) is 30.4 Å². The normalized spacial score (nSPS) is 15.3. The number of benzene rings is 2. The second kappa shape index (κ2) is 9.79. The van der Waals surface area contributed by atoms with Crippen molar-refractivity contribution in [1.82, 2.24) is 0 Å². The summed E-state index contributed by atoms with van der Waals surface area (Å²) in [5.74, 6) is -0.0399. The molecule has 2 aromatic rings. The molecule has 0 saturated heterocycles. The van der Waals surface area contributed by atoms with Crippen LogP contribution in [0.2, 0.25) is 0 Å². The van der Waals surface area contributed by atoms with E-state index in [1.54, 1.807) is 18.2 Å². The number of esters is 1. The van der Waals surface area contributed by atoms with Gasteiger partial charge in [-0.2, -0.15) is 0 Å². The third-order valence-electron chi connectivity index (χ3n) is 5.82. The minimum absolute atomic E-state index is 0.0224. The summed E-state index contributed by atoms with van der Waals surface area (Å²) in [6, 6.07) is 13.4. The summed E-state index contributed by atoms with van der Waals surface area (Å²) < 4.78 is 10.6. The zero-order valence-corrected chi connectivity index (χ0v) is 18.1. The Morgan fingerprint density at radius 3 is 2.50 bits per heavy atom. The van der Waals surface area contributed by atoms with E-state index in [0.717, 1.165) is 49.7 Å². The Labute approximate surface area is 178 Å². The average molecular weight is 410 g/mol. The summed E-state index contributed by atoms with van der Waals surface area (Å²) in [4.78, 5) is 25.8. The molecule has 0 unspecified atom stereocenters. The molecule has 1 saturated carbocycles. The van der Waals surface area contributed by atoms with Crippen LogP contribution in [0.25, 0.3) is 0 Å². The van der Waals surface area contributed by atoms with Crippen LogP contribution in [0.15, 0.2) is 42.5 Å². The van der Waals surface area contributed by atoms with Crippen LogP contribution in [0.4, 0.5) is 5.69 Å². The van der Waals surface area contributed by atoms with Crippen LogP contribution in [-0.4, -0.2) is 25.6 Å². The maximum absolute atomic E-state index is 13.6. The number of rotatable bonds is 7. The van der Waals surface area contributed by atoms with E-state index in [9.17, 15) is 9.59 Å². The van der Waals surface area contributed by atoms with Crippen molar-refractivity contribution in [2.45, 2.75) is 57.8 Å². The van der Waals surface area contributed by atoms with Gasteiger partial charge in [0.1, 0.15) is 11.3 Å². The van der Waals surface area contributed by atoms with E-state index >= 15 is 0 Å². The van der Waals surface area contributed by atoms with Gasteiger partial charge >= 0.3 is 5.97 Å². The standard InChI is InChI=1S/C25H31NO4/c1-4-15-30-22-12-11-20(17-21(22)23(27)29-3)26-24(28)25(13-6-5-7-14-25)19-10-8-9-18(2)16-19/h8-12,16-17H,4-7,13-15H2,1-3H3,(H,26,28). The van der Waals surface area contributed by atoms with Crippen molar-refractivity contribution in [2.24, 2.45) is 0 Å². The van der Waals surface area contributed by atoms with E-state index in [-0.39, 0.29) is 5.91 Å². The number of carbonyl (C=O) groups is 2. The Hall–Kier alpha value is -2.82. The number of hydrogen-bond donors (Lipinski definition) is 1. The van der Waals surface area contributed by atoms with E-state index in [0.29, 0.717) is 23.6 Å². The highest BCUT2D eigenvalue weighted by Gasteiger charge is 2.41. The van der Waals surface area contributed by atoms with Crippen molar-refractivity contribution in [3.63, 3.8) is 0 Å².